The molecule has 0 aliphatic carbocycles. The molecular formula is C13H17F4NO. The van der Waals surface area contributed by atoms with Crippen LogP contribution in [0.2, 0.25) is 0 Å². The number of ether oxygens (including phenoxy) is 1. The van der Waals surface area contributed by atoms with Crippen LogP contribution >= 0.6 is 0 Å². The van der Waals surface area contributed by atoms with Crippen molar-refractivity contribution in [3.05, 3.63) is 35.6 Å². The summed E-state index contributed by atoms with van der Waals surface area (Å²) in [7, 11) is 0. The Morgan fingerprint density at radius 3 is 2.53 bits per heavy atom. The first-order valence-electron chi connectivity index (χ1n) is 6.07. The standard InChI is InChI=1S/C13H17F4NO/c1-2-7-18-8-12(19-9-13(15,16)17)10-5-3-4-6-11(10)14/h3-6,12,18H,2,7-9H2,1H3. The summed E-state index contributed by atoms with van der Waals surface area (Å²) in [6.45, 7) is 1.33. The molecule has 0 amide bonds. The van der Waals surface area contributed by atoms with Crippen molar-refractivity contribution < 1.29 is 22.3 Å². The Hall–Kier alpha value is -1.14. The molecular weight excluding hydrogens is 262 g/mol. The average molecular weight is 279 g/mol. The Morgan fingerprint density at radius 1 is 1.26 bits per heavy atom. The molecule has 108 valence electrons. The summed E-state index contributed by atoms with van der Waals surface area (Å²) >= 11 is 0. The van der Waals surface area contributed by atoms with Gasteiger partial charge in [0.1, 0.15) is 12.4 Å². The molecule has 1 aromatic rings. The molecule has 0 saturated heterocycles. The second kappa shape index (κ2) is 7.45. The van der Waals surface area contributed by atoms with Crippen LogP contribution in [0.15, 0.2) is 24.3 Å². The van der Waals surface area contributed by atoms with Crippen LogP contribution in [0.1, 0.15) is 25.0 Å². The monoisotopic (exact) mass is 279 g/mol. The first kappa shape index (κ1) is 15.9. The third-order valence-corrected chi connectivity index (χ3v) is 2.46. The van der Waals surface area contributed by atoms with Crippen molar-refractivity contribution in [1.82, 2.24) is 5.32 Å². The van der Waals surface area contributed by atoms with E-state index in [4.69, 9.17) is 4.74 Å². The van der Waals surface area contributed by atoms with Crippen molar-refractivity contribution in [2.24, 2.45) is 0 Å². The molecule has 19 heavy (non-hydrogen) atoms. The van der Waals surface area contributed by atoms with E-state index in [9.17, 15) is 17.6 Å². The van der Waals surface area contributed by atoms with Gasteiger partial charge in [0.05, 0.1) is 6.10 Å². The van der Waals surface area contributed by atoms with Crippen LogP contribution in [0, 0.1) is 5.82 Å². The lowest BCUT2D eigenvalue weighted by atomic mass is 10.1. The Balaban J connectivity index is 2.71. The summed E-state index contributed by atoms with van der Waals surface area (Å²) in [6.07, 6.45) is -4.54. The van der Waals surface area contributed by atoms with Gasteiger partial charge in [0.15, 0.2) is 0 Å². The van der Waals surface area contributed by atoms with Gasteiger partial charge in [0, 0.05) is 12.1 Å². The van der Waals surface area contributed by atoms with Crippen molar-refractivity contribution >= 4 is 0 Å². The molecule has 0 aliphatic rings. The number of nitrogens with one attached hydrogen (secondary N) is 1. The molecule has 1 unspecified atom stereocenters. The van der Waals surface area contributed by atoms with E-state index in [-0.39, 0.29) is 12.1 Å². The van der Waals surface area contributed by atoms with Crippen LogP contribution in [0.25, 0.3) is 0 Å². The van der Waals surface area contributed by atoms with Gasteiger partial charge in [-0.1, -0.05) is 25.1 Å². The van der Waals surface area contributed by atoms with Gasteiger partial charge in [-0.3, -0.25) is 0 Å². The highest BCUT2D eigenvalue weighted by Gasteiger charge is 2.30. The molecule has 0 radical (unpaired) electrons. The summed E-state index contributed by atoms with van der Waals surface area (Å²) in [5.41, 5.74) is 0.135. The molecule has 0 saturated carbocycles. The van der Waals surface area contributed by atoms with E-state index in [0.29, 0.717) is 6.54 Å². The largest absolute Gasteiger partial charge is 0.411 e. The molecule has 0 bridgehead atoms. The van der Waals surface area contributed by atoms with E-state index in [1.165, 1.54) is 18.2 Å². The van der Waals surface area contributed by atoms with Crippen LogP contribution in [-0.2, 0) is 4.74 Å². The highest BCUT2D eigenvalue weighted by atomic mass is 19.4. The van der Waals surface area contributed by atoms with E-state index >= 15 is 0 Å². The van der Waals surface area contributed by atoms with Gasteiger partial charge in [-0.2, -0.15) is 13.2 Å². The number of alkyl halides is 3. The molecule has 1 rings (SSSR count). The number of halogens is 4. The predicted octanol–water partition coefficient (Wildman–Crippen LogP) is 3.45. The van der Waals surface area contributed by atoms with Gasteiger partial charge in [-0.25, -0.2) is 4.39 Å². The fraction of sp³-hybridized carbons (Fsp3) is 0.538. The maximum absolute atomic E-state index is 13.6. The molecule has 0 aliphatic heterocycles. The van der Waals surface area contributed by atoms with Gasteiger partial charge >= 0.3 is 6.18 Å². The Bertz CT molecular complexity index is 381. The van der Waals surface area contributed by atoms with Crippen LogP contribution in [0.3, 0.4) is 0 Å². The van der Waals surface area contributed by atoms with Crippen LogP contribution in [-0.4, -0.2) is 25.9 Å². The van der Waals surface area contributed by atoms with Gasteiger partial charge in [-0.05, 0) is 19.0 Å². The van der Waals surface area contributed by atoms with E-state index in [1.807, 2.05) is 6.92 Å². The number of rotatable bonds is 7. The molecule has 0 heterocycles. The predicted molar refractivity (Wildman–Crippen MR) is 64.3 cm³/mol. The summed E-state index contributed by atoms with van der Waals surface area (Å²) in [4.78, 5) is 0. The molecule has 0 fully saturated rings. The third-order valence-electron chi connectivity index (χ3n) is 2.46. The van der Waals surface area contributed by atoms with Gasteiger partial charge in [-0.15, -0.1) is 0 Å². The fourth-order valence-electron chi connectivity index (χ4n) is 1.60. The van der Waals surface area contributed by atoms with Crippen molar-refractivity contribution in [1.29, 1.82) is 0 Å². The van der Waals surface area contributed by atoms with Crippen molar-refractivity contribution in [2.75, 3.05) is 19.7 Å². The minimum absolute atomic E-state index is 0.135. The van der Waals surface area contributed by atoms with Gasteiger partial charge in [0.25, 0.3) is 0 Å². The van der Waals surface area contributed by atoms with E-state index in [1.54, 1.807) is 6.07 Å². The molecule has 1 N–H and O–H groups in total. The van der Waals surface area contributed by atoms with E-state index in [2.05, 4.69) is 5.32 Å². The zero-order chi connectivity index (χ0) is 14.3. The summed E-state index contributed by atoms with van der Waals surface area (Å²) in [6, 6.07) is 5.70. The minimum atomic E-state index is -4.42. The summed E-state index contributed by atoms with van der Waals surface area (Å²) in [5.74, 6) is -0.562. The van der Waals surface area contributed by atoms with Crippen LogP contribution in [0.5, 0.6) is 0 Å². The zero-order valence-electron chi connectivity index (χ0n) is 10.6. The van der Waals surface area contributed by atoms with Crippen LogP contribution in [0.4, 0.5) is 17.6 Å². The van der Waals surface area contributed by atoms with Gasteiger partial charge in [0.2, 0.25) is 0 Å². The fourth-order valence-corrected chi connectivity index (χ4v) is 1.60. The van der Waals surface area contributed by atoms with E-state index in [0.717, 1.165) is 6.42 Å². The first-order chi connectivity index (χ1) is 8.94. The molecule has 1 aromatic carbocycles. The number of hydrogen-bond acceptors (Lipinski definition) is 2. The normalized spacial score (nSPS) is 13.5. The molecule has 1 atom stereocenters. The van der Waals surface area contributed by atoms with Crippen molar-refractivity contribution in [3.63, 3.8) is 0 Å². The average Bonchev–Trinajstić information content (AvgIpc) is 2.33. The Morgan fingerprint density at radius 2 is 1.95 bits per heavy atom. The maximum atomic E-state index is 13.6. The number of benzene rings is 1. The molecule has 6 heteroatoms. The lowest BCUT2D eigenvalue weighted by Gasteiger charge is -2.20. The van der Waals surface area contributed by atoms with Crippen molar-refractivity contribution in [2.45, 2.75) is 25.6 Å². The lowest BCUT2D eigenvalue weighted by molar-refractivity contribution is -0.186. The summed E-state index contributed by atoms with van der Waals surface area (Å²) in [5, 5.41) is 2.94. The van der Waals surface area contributed by atoms with Crippen molar-refractivity contribution in [3.8, 4) is 0 Å². The highest BCUT2D eigenvalue weighted by Crippen LogP contribution is 2.24. The lowest BCUT2D eigenvalue weighted by Crippen LogP contribution is -2.28. The quantitative estimate of drug-likeness (QED) is 0.610. The van der Waals surface area contributed by atoms with Crippen LogP contribution < -0.4 is 5.32 Å². The molecule has 0 aromatic heterocycles. The molecule has 2 nitrogen and oxygen atoms in total. The van der Waals surface area contributed by atoms with Gasteiger partial charge < -0.3 is 10.1 Å². The Kier molecular flexibility index (Phi) is 6.24. The SMILES string of the molecule is CCCNCC(OCC(F)(F)F)c1ccccc1F. The first-order valence-corrected chi connectivity index (χ1v) is 6.07. The maximum Gasteiger partial charge on any atom is 0.411 e. The smallest absolute Gasteiger partial charge is 0.363 e. The summed E-state index contributed by atoms with van der Waals surface area (Å²) < 4.78 is 54.9. The minimum Gasteiger partial charge on any atom is -0.363 e. The topological polar surface area (TPSA) is 21.3 Å². The molecule has 0 spiro atoms. The Labute approximate surface area is 109 Å². The second-order valence-electron chi connectivity index (χ2n) is 4.14. The number of hydrogen-bond donors (Lipinski definition) is 1. The third kappa shape index (κ3) is 6.02. The second-order valence-corrected chi connectivity index (χ2v) is 4.14. The highest BCUT2D eigenvalue weighted by molar-refractivity contribution is 5.20. The van der Waals surface area contributed by atoms with E-state index < -0.39 is 24.7 Å². The zero-order valence-corrected chi connectivity index (χ0v) is 10.6.